The van der Waals surface area contributed by atoms with Crippen LogP contribution >= 0.6 is 0 Å². The van der Waals surface area contributed by atoms with Crippen molar-refractivity contribution >= 4 is 11.3 Å². The van der Waals surface area contributed by atoms with Crippen LogP contribution in [0.25, 0.3) is 5.57 Å². The van der Waals surface area contributed by atoms with Crippen molar-refractivity contribution in [2.24, 2.45) is 11.8 Å². The molecule has 0 radical (unpaired) electrons. The van der Waals surface area contributed by atoms with Crippen molar-refractivity contribution in [1.82, 2.24) is 4.98 Å². The predicted molar refractivity (Wildman–Crippen MR) is 64.2 cm³/mol. The minimum Gasteiger partial charge on any atom is -0.397 e. The first kappa shape index (κ1) is 10.2. The third kappa shape index (κ3) is 2.20. The number of nitrogens with two attached hydrogens (primary N) is 1. The van der Waals surface area contributed by atoms with E-state index in [1.807, 2.05) is 12.3 Å². The highest BCUT2D eigenvalue weighted by atomic mass is 14.7. The first-order chi connectivity index (χ1) is 7.16. The van der Waals surface area contributed by atoms with E-state index in [1.54, 1.807) is 6.20 Å². The Morgan fingerprint density at radius 3 is 2.87 bits per heavy atom. The highest BCUT2D eigenvalue weighted by Gasteiger charge is 2.18. The maximum absolute atomic E-state index is 5.94. The lowest BCUT2D eigenvalue weighted by Crippen LogP contribution is -2.10. The average Bonchev–Trinajstić information content (AvgIpc) is 2.16. The Bertz CT molecular complexity index is 382. The fourth-order valence-electron chi connectivity index (χ4n) is 2.47. The predicted octanol–water partition coefficient (Wildman–Crippen LogP) is 3.11. The van der Waals surface area contributed by atoms with E-state index < -0.39 is 0 Å². The Kier molecular flexibility index (Phi) is 2.76. The van der Waals surface area contributed by atoms with E-state index in [0.29, 0.717) is 5.92 Å². The molecule has 80 valence electrons. The Morgan fingerprint density at radius 1 is 1.40 bits per heavy atom. The topological polar surface area (TPSA) is 38.9 Å². The summed E-state index contributed by atoms with van der Waals surface area (Å²) in [6, 6.07) is 2.02. The zero-order valence-corrected chi connectivity index (χ0v) is 9.40. The number of hydrogen-bond acceptors (Lipinski definition) is 2. The van der Waals surface area contributed by atoms with Crippen molar-refractivity contribution < 1.29 is 0 Å². The standard InChI is InChI=1S/C13H18N2/c1-9-5-10(2)7-11(6-9)12-3-4-15-8-13(12)14/h3-4,6,8-10H,5,7,14H2,1-2H3/t9-,10+/m0/s1. The smallest absolute Gasteiger partial charge is 0.0576 e. The van der Waals surface area contributed by atoms with Gasteiger partial charge in [-0.15, -0.1) is 0 Å². The summed E-state index contributed by atoms with van der Waals surface area (Å²) < 4.78 is 0. The van der Waals surface area contributed by atoms with Crippen LogP contribution in [0.4, 0.5) is 5.69 Å². The number of nitrogen functional groups attached to an aromatic ring is 1. The zero-order valence-electron chi connectivity index (χ0n) is 9.40. The van der Waals surface area contributed by atoms with Crippen LogP contribution in [0, 0.1) is 11.8 Å². The molecule has 1 aromatic rings. The van der Waals surface area contributed by atoms with Crippen LogP contribution in [0.5, 0.6) is 0 Å². The van der Waals surface area contributed by atoms with Gasteiger partial charge in [-0.25, -0.2) is 0 Å². The SMILES string of the molecule is C[C@H]1CC(c2ccncc2N)=C[C@@H](C)C1. The van der Waals surface area contributed by atoms with Crippen molar-refractivity contribution in [3.63, 3.8) is 0 Å². The molecule has 1 aromatic heterocycles. The Morgan fingerprint density at radius 2 is 2.20 bits per heavy atom. The van der Waals surface area contributed by atoms with E-state index >= 15 is 0 Å². The second-order valence-electron chi connectivity index (χ2n) is 4.68. The fraction of sp³-hybridized carbons (Fsp3) is 0.462. The molecule has 0 fully saturated rings. The molecule has 2 heteroatoms. The summed E-state index contributed by atoms with van der Waals surface area (Å²) in [5.74, 6) is 1.42. The normalized spacial score (nSPS) is 26.1. The largest absolute Gasteiger partial charge is 0.397 e. The lowest BCUT2D eigenvalue weighted by atomic mass is 9.82. The molecule has 0 spiro atoms. The van der Waals surface area contributed by atoms with Gasteiger partial charge in [0.2, 0.25) is 0 Å². The first-order valence-electron chi connectivity index (χ1n) is 5.57. The summed E-state index contributed by atoms with van der Waals surface area (Å²) in [7, 11) is 0. The Hall–Kier alpha value is -1.31. The maximum Gasteiger partial charge on any atom is 0.0576 e. The lowest BCUT2D eigenvalue weighted by Gasteiger charge is -2.24. The third-order valence-electron chi connectivity index (χ3n) is 3.03. The summed E-state index contributed by atoms with van der Waals surface area (Å²) in [5.41, 5.74) is 9.30. The molecule has 1 aliphatic carbocycles. The molecule has 2 nitrogen and oxygen atoms in total. The van der Waals surface area contributed by atoms with Crippen LogP contribution in [0.3, 0.4) is 0 Å². The summed E-state index contributed by atoms with van der Waals surface area (Å²) in [6.07, 6.45) is 8.33. The van der Waals surface area contributed by atoms with Gasteiger partial charge in [0.25, 0.3) is 0 Å². The van der Waals surface area contributed by atoms with Crippen molar-refractivity contribution in [2.75, 3.05) is 5.73 Å². The number of nitrogens with zero attached hydrogens (tertiary/aromatic N) is 1. The number of aromatic nitrogens is 1. The second kappa shape index (κ2) is 4.05. The van der Waals surface area contributed by atoms with Gasteiger partial charge in [-0.1, -0.05) is 19.9 Å². The van der Waals surface area contributed by atoms with Crippen molar-refractivity contribution in [2.45, 2.75) is 26.7 Å². The van der Waals surface area contributed by atoms with Crippen LogP contribution < -0.4 is 5.73 Å². The van der Waals surface area contributed by atoms with Crippen molar-refractivity contribution in [1.29, 1.82) is 0 Å². The molecule has 1 aliphatic rings. The molecule has 0 saturated heterocycles. The number of allylic oxidation sites excluding steroid dienone is 2. The van der Waals surface area contributed by atoms with Gasteiger partial charge in [0, 0.05) is 11.8 Å². The molecular weight excluding hydrogens is 184 g/mol. The molecular formula is C13H18N2. The van der Waals surface area contributed by atoms with Gasteiger partial charge in [0.1, 0.15) is 0 Å². The minimum absolute atomic E-state index is 0.663. The first-order valence-corrected chi connectivity index (χ1v) is 5.57. The zero-order chi connectivity index (χ0) is 10.8. The van der Waals surface area contributed by atoms with Gasteiger partial charge in [-0.05, 0) is 36.3 Å². The molecule has 1 heterocycles. The van der Waals surface area contributed by atoms with Gasteiger partial charge < -0.3 is 5.73 Å². The number of hydrogen-bond donors (Lipinski definition) is 1. The summed E-state index contributed by atoms with van der Waals surface area (Å²) in [4.78, 5) is 4.03. The molecule has 2 atom stereocenters. The highest BCUT2D eigenvalue weighted by Crippen LogP contribution is 2.35. The van der Waals surface area contributed by atoms with Crippen LogP contribution in [-0.4, -0.2) is 4.98 Å². The van der Waals surface area contributed by atoms with Gasteiger partial charge in [-0.3, -0.25) is 4.98 Å². The molecule has 0 unspecified atom stereocenters. The van der Waals surface area contributed by atoms with Crippen molar-refractivity contribution in [3.8, 4) is 0 Å². The maximum atomic E-state index is 5.94. The number of pyridine rings is 1. The monoisotopic (exact) mass is 202 g/mol. The molecule has 0 amide bonds. The quantitative estimate of drug-likeness (QED) is 0.760. The molecule has 0 aromatic carbocycles. The summed E-state index contributed by atoms with van der Waals surface area (Å²) in [6.45, 7) is 4.58. The number of anilines is 1. The highest BCUT2D eigenvalue weighted by molar-refractivity contribution is 5.75. The van der Waals surface area contributed by atoms with Gasteiger partial charge in [0.05, 0.1) is 11.9 Å². The van der Waals surface area contributed by atoms with Gasteiger partial charge >= 0.3 is 0 Å². The van der Waals surface area contributed by atoms with Crippen LogP contribution in [0.15, 0.2) is 24.5 Å². The Labute approximate surface area is 91.2 Å². The van der Waals surface area contributed by atoms with Crippen LogP contribution in [0.2, 0.25) is 0 Å². The van der Waals surface area contributed by atoms with Crippen LogP contribution in [-0.2, 0) is 0 Å². The molecule has 0 aliphatic heterocycles. The third-order valence-corrected chi connectivity index (χ3v) is 3.03. The van der Waals surface area contributed by atoms with E-state index in [-0.39, 0.29) is 0 Å². The minimum atomic E-state index is 0.663. The van der Waals surface area contributed by atoms with E-state index in [1.165, 1.54) is 17.6 Å². The molecule has 0 saturated carbocycles. The second-order valence-corrected chi connectivity index (χ2v) is 4.68. The van der Waals surface area contributed by atoms with E-state index in [4.69, 9.17) is 5.73 Å². The van der Waals surface area contributed by atoms with Crippen LogP contribution in [0.1, 0.15) is 32.3 Å². The molecule has 2 rings (SSSR count). The van der Waals surface area contributed by atoms with Gasteiger partial charge in [0.15, 0.2) is 0 Å². The fourth-order valence-corrected chi connectivity index (χ4v) is 2.47. The molecule has 2 N–H and O–H groups in total. The molecule has 0 bridgehead atoms. The summed E-state index contributed by atoms with van der Waals surface area (Å²) in [5, 5.41) is 0. The number of rotatable bonds is 1. The summed E-state index contributed by atoms with van der Waals surface area (Å²) >= 11 is 0. The Balaban J connectivity index is 2.35. The average molecular weight is 202 g/mol. The van der Waals surface area contributed by atoms with E-state index in [2.05, 4.69) is 24.9 Å². The lowest BCUT2D eigenvalue weighted by molar-refractivity contribution is 0.457. The molecule has 15 heavy (non-hydrogen) atoms. The van der Waals surface area contributed by atoms with E-state index in [9.17, 15) is 0 Å². The van der Waals surface area contributed by atoms with Crippen molar-refractivity contribution in [3.05, 3.63) is 30.1 Å². The van der Waals surface area contributed by atoms with E-state index in [0.717, 1.165) is 18.0 Å². The van der Waals surface area contributed by atoms with Gasteiger partial charge in [-0.2, -0.15) is 0 Å².